The van der Waals surface area contributed by atoms with Crippen LogP contribution in [0.5, 0.6) is 0 Å². The van der Waals surface area contributed by atoms with Crippen LogP contribution in [-0.2, 0) is 4.79 Å². The van der Waals surface area contributed by atoms with Crippen molar-refractivity contribution >= 4 is 17.6 Å². The predicted molar refractivity (Wildman–Crippen MR) is 81.8 cm³/mol. The number of carboxylic acids is 1. The van der Waals surface area contributed by atoms with Crippen molar-refractivity contribution in [2.45, 2.75) is 19.3 Å². The van der Waals surface area contributed by atoms with Crippen LogP contribution in [0.25, 0.3) is 5.69 Å². The normalized spacial score (nSPS) is 10.3. The Morgan fingerprint density at radius 3 is 2.83 bits per heavy atom. The zero-order valence-corrected chi connectivity index (χ0v) is 12.6. The standard InChI is InChI=1S/C14H15N5O5/c20-13(21)6-1-2-7-15-14(22)12-9-18(17-16-12)10-4-3-5-11(8-10)19(23)24/h3-5,8-9H,1-2,6-7H2,(H,15,22)(H,20,21). The molecule has 1 aromatic carbocycles. The van der Waals surface area contributed by atoms with Crippen LogP contribution < -0.4 is 5.32 Å². The van der Waals surface area contributed by atoms with E-state index in [1.54, 1.807) is 6.07 Å². The van der Waals surface area contributed by atoms with Gasteiger partial charge in [-0.25, -0.2) is 4.68 Å². The second-order valence-corrected chi connectivity index (χ2v) is 4.93. The van der Waals surface area contributed by atoms with Crippen LogP contribution in [0.1, 0.15) is 29.8 Å². The van der Waals surface area contributed by atoms with Gasteiger partial charge in [-0.15, -0.1) is 5.10 Å². The summed E-state index contributed by atoms with van der Waals surface area (Å²) in [5, 5.41) is 29.4. The summed E-state index contributed by atoms with van der Waals surface area (Å²) in [6, 6.07) is 5.79. The highest BCUT2D eigenvalue weighted by molar-refractivity contribution is 5.91. The van der Waals surface area contributed by atoms with E-state index in [9.17, 15) is 19.7 Å². The maximum atomic E-state index is 11.9. The molecule has 1 amide bonds. The average Bonchev–Trinajstić information content (AvgIpc) is 3.04. The number of rotatable bonds is 8. The van der Waals surface area contributed by atoms with Crippen LogP contribution in [-0.4, -0.2) is 43.4 Å². The third kappa shape index (κ3) is 4.60. The molecule has 2 N–H and O–H groups in total. The summed E-state index contributed by atoms with van der Waals surface area (Å²) in [5.41, 5.74) is 0.393. The molecule has 0 radical (unpaired) electrons. The number of nitro groups is 1. The molecule has 1 aromatic heterocycles. The van der Waals surface area contributed by atoms with E-state index in [1.807, 2.05) is 0 Å². The number of nitrogens with one attached hydrogen (secondary N) is 1. The van der Waals surface area contributed by atoms with Crippen LogP contribution in [0, 0.1) is 10.1 Å². The number of hydrogen-bond acceptors (Lipinski definition) is 6. The van der Waals surface area contributed by atoms with Gasteiger partial charge in [0.2, 0.25) is 0 Å². The summed E-state index contributed by atoms with van der Waals surface area (Å²) in [7, 11) is 0. The molecule has 1 heterocycles. The predicted octanol–water partition coefficient (Wildman–Crippen LogP) is 1.16. The first-order valence-electron chi connectivity index (χ1n) is 7.14. The molecule has 24 heavy (non-hydrogen) atoms. The molecule has 0 spiro atoms. The van der Waals surface area contributed by atoms with E-state index in [1.165, 1.54) is 29.1 Å². The van der Waals surface area contributed by atoms with Gasteiger partial charge >= 0.3 is 5.97 Å². The van der Waals surface area contributed by atoms with E-state index in [4.69, 9.17) is 5.11 Å². The lowest BCUT2D eigenvalue weighted by atomic mass is 10.2. The van der Waals surface area contributed by atoms with E-state index in [0.717, 1.165) is 0 Å². The number of nitrogens with zero attached hydrogens (tertiary/aromatic N) is 4. The van der Waals surface area contributed by atoms with Crippen LogP contribution in [0.3, 0.4) is 0 Å². The third-order valence-electron chi connectivity index (χ3n) is 3.13. The lowest BCUT2D eigenvalue weighted by Gasteiger charge is -2.01. The highest BCUT2D eigenvalue weighted by Gasteiger charge is 2.13. The number of unbranched alkanes of at least 4 members (excludes halogenated alkanes) is 1. The van der Waals surface area contributed by atoms with Gasteiger partial charge in [0, 0.05) is 25.1 Å². The van der Waals surface area contributed by atoms with Crippen molar-refractivity contribution in [2.24, 2.45) is 0 Å². The molecule has 0 aliphatic carbocycles. The van der Waals surface area contributed by atoms with Crippen molar-refractivity contribution in [3.05, 3.63) is 46.3 Å². The number of aliphatic carboxylic acids is 1. The molecular weight excluding hydrogens is 318 g/mol. The first-order valence-corrected chi connectivity index (χ1v) is 7.14. The van der Waals surface area contributed by atoms with Crippen LogP contribution >= 0.6 is 0 Å². The Morgan fingerprint density at radius 1 is 1.33 bits per heavy atom. The molecule has 0 saturated heterocycles. The lowest BCUT2D eigenvalue weighted by molar-refractivity contribution is -0.384. The van der Waals surface area contributed by atoms with Gasteiger partial charge in [0.1, 0.15) is 0 Å². The molecule has 0 aliphatic heterocycles. The Kier molecular flexibility index (Phi) is 5.55. The molecule has 0 saturated carbocycles. The van der Waals surface area contributed by atoms with Crippen LogP contribution in [0.4, 0.5) is 5.69 Å². The Balaban J connectivity index is 1.95. The smallest absolute Gasteiger partial charge is 0.303 e. The van der Waals surface area contributed by atoms with E-state index < -0.39 is 16.8 Å². The molecule has 0 unspecified atom stereocenters. The zero-order valence-electron chi connectivity index (χ0n) is 12.6. The van der Waals surface area contributed by atoms with Gasteiger partial charge < -0.3 is 10.4 Å². The number of benzene rings is 1. The van der Waals surface area contributed by atoms with E-state index in [-0.39, 0.29) is 17.8 Å². The number of carboxylic acid groups (broad SMARTS) is 1. The number of non-ortho nitro benzene ring substituents is 1. The van der Waals surface area contributed by atoms with Gasteiger partial charge in [-0.3, -0.25) is 19.7 Å². The minimum absolute atomic E-state index is 0.0544. The van der Waals surface area contributed by atoms with Crippen LogP contribution in [0.2, 0.25) is 0 Å². The van der Waals surface area contributed by atoms with Crippen molar-refractivity contribution < 1.29 is 19.6 Å². The Hall–Kier alpha value is -3.30. The highest BCUT2D eigenvalue weighted by atomic mass is 16.6. The number of aromatic nitrogens is 3. The Bertz CT molecular complexity index is 758. The fourth-order valence-corrected chi connectivity index (χ4v) is 1.94. The summed E-state index contributed by atoms with van der Waals surface area (Å²) < 4.78 is 1.27. The topological polar surface area (TPSA) is 140 Å². The monoisotopic (exact) mass is 333 g/mol. The van der Waals surface area contributed by atoms with Crippen molar-refractivity contribution in [1.29, 1.82) is 0 Å². The summed E-state index contributed by atoms with van der Waals surface area (Å²) in [6.07, 6.45) is 2.43. The molecular formula is C14H15N5O5. The summed E-state index contributed by atoms with van der Waals surface area (Å²) in [6.45, 7) is 0.329. The fourth-order valence-electron chi connectivity index (χ4n) is 1.94. The molecule has 2 rings (SSSR count). The van der Waals surface area contributed by atoms with Gasteiger partial charge in [-0.2, -0.15) is 0 Å². The Morgan fingerprint density at radius 2 is 2.12 bits per heavy atom. The molecule has 0 fully saturated rings. The number of carbonyl (C=O) groups is 2. The Labute approximate surface area is 136 Å². The first kappa shape index (κ1) is 17.1. The molecule has 126 valence electrons. The molecule has 0 aliphatic rings. The second-order valence-electron chi connectivity index (χ2n) is 4.93. The largest absolute Gasteiger partial charge is 0.481 e. The minimum atomic E-state index is -0.874. The number of amides is 1. The van der Waals surface area contributed by atoms with E-state index in [2.05, 4.69) is 15.6 Å². The maximum absolute atomic E-state index is 11.9. The summed E-state index contributed by atoms with van der Waals surface area (Å²) >= 11 is 0. The van der Waals surface area contributed by atoms with Crippen LogP contribution in [0.15, 0.2) is 30.5 Å². The number of carbonyl (C=O) groups excluding carboxylic acids is 1. The highest BCUT2D eigenvalue weighted by Crippen LogP contribution is 2.15. The maximum Gasteiger partial charge on any atom is 0.303 e. The zero-order chi connectivity index (χ0) is 17.5. The summed E-state index contributed by atoms with van der Waals surface area (Å²) in [4.78, 5) is 32.5. The third-order valence-corrected chi connectivity index (χ3v) is 3.13. The molecule has 2 aromatic rings. The van der Waals surface area contributed by atoms with Gasteiger partial charge in [0.25, 0.3) is 11.6 Å². The number of nitro benzene ring substituents is 1. The second kappa shape index (κ2) is 7.81. The van der Waals surface area contributed by atoms with Gasteiger partial charge in [0.15, 0.2) is 5.69 Å². The SMILES string of the molecule is O=C(O)CCCCNC(=O)c1cn(-c2cccc([N+](=O)[O-])c2)nn1. The molecule has 0 bridgehead atoms. The van der Waals surface area contributed by atoms with E-state index in [0.29, 0.717) is 25.1 Å². The van der Waals surface area contributed by atoms with Crippen molar-refractivity contribution in [3.63, 3.8) is 0 Å². The average molecular weight is 333 g/mol. The van der Waals surface area contributed by atoms with Crippen molar-refractivity contribution in [1.82, 2.24) is 20.3 Å². The first-order chi connectivity index (χ1) is 11.5. The molecule has 10 heteroatoms. The summed E-state index contributed by atoms with van der Waals surface area (Å²) in [5.74, 6) is -1.32. The quantitative estimate of drug-likeness (QED) is 0.419. The van der Waals surface area contributed by atoms with Gasteiger partial charge in [-0.1, -0.05) is 11.3 Å². The number of hydrogen-bond donors (Lipinski definition) is 2. The molecule has 10 nitrogen and oxygen atoms in total. The van der Waals surface area contributed by atoms with Crippen molar-refractivity contribution in [3.8, 4) is 5.69 Å². The van der Waals surface area contributed by atoms with Gasteiger partial charge in [0.05, 0.1) is 16.8 Å². The van der Waals surface area contributed by atoms with Gasteiger partial charge in [-0.05, 0) is 18.9 Å². The fraction of sp³-hybridized carbons (Fsp3) is 0.286. The van der Waals surface area contributed by atoms with E-state index >= 15 is 0 Å². The van der Waals surface area contributed by atoms with Crippen molar-refractivity contribution in [2.75, 3.05) is 6.54 Å². The molecule has 0 atom stereocenters. The lowest BCUT2D eigenvalue weighted by Crippen LogP contribution is -2.24. The minimum Gasteiger partial charge on any atom is -0.481 e.